The second-order valence-corrected chi connectivity index (χ2v) is 4.94. The number of imidazole rings is 1. The summed E-state index contributed by atoms with van der Waals surface area (Å²) < 4.78 is 0.837. The van der Waals surface area contributed by atoms with Crippen molar-refractivity contribution in [2.45, 2.75) is 6.92 Å². The number of aromatic nitrogens is 3. The second-order valence-electron chi connectivity index (χ2n) is 4.14. The summed E-state index contributed by atoms with van der Waals surface area (Å²) in [6.07, 6.45) is 3.52. The largest absolute Gasteiger partial charge is 0.398 e. The van der Waals surface area contributed by atoms with E-state index in [-0.39, 0.29) is 0 Å². The Morgan fingerprint density at radius 1 is 1.39 bits per heavy atom. The van der Waals surface area contributed by atoms with E-state index in [1.807, 2.05) is 25.1 Å². The summed E-state index contributed by atoms with van der Waals surface area (Å²) in [6.45, 7) is 1.98. The number of halogens is 1. The van der Waals surface area contributed by atoms with Crippen LogP contribution < -0.4 is 5.73 Å². The number of hydrogen-bond donors (Lipinski definition) is 2. The highest BCUT2D eigenvalue weighted by Crippen LogP contribution is 2.32. The predicted molar refractivity (Wildman–Crippen MR) is 76.2 cm³/mol. The SMILES string of the molecule is Cc1cc2[nH]c(-c3cccnc3)nc2c(Br)c1N. The number of aryl methyl sites for hydroxylation is 1. The van der Waals surface area contributed by atoms with Crippen LogP contribution in [-0.2, 0) is 0 Å². The molecular formula is C13H11BrN4. The molecule has 2 heterocycles. The van der Waals surface area contributed by atoms with Crippen molar-refractivity contribution in [3.63, 3.8) is 0 Å². The minimum Gasteiger partial charge on any atom is -0.398 e. The van der Waals surface area contributed by atoms with E-state index in [2.05, 4.69) is 30.9 Å². The molecule has 18 heavy (non-hydrogen) atoms. The van der Waals surface area contributed by atoms with Crippen molar-refractivity contribution in [3.8, 4) is 11.4 Å². The summed E-state index contributed by atoms with van der Waals surface area (Å²) in [4.78, 5) is 11.9. The van der Waals surface area contributed by atoms with Crippen molar-refractivity contribution in [1.82, 2.24) is 15.0 Å². The van der Waals surface area contributed by atoms with Crippen LogP contribution in [0.1, 0.15) is 5.56 Å². The Bertz CT molecular complexity index is 719. The molecule has 0 fully saturated rings. The normalized spacial score (nSPS) is 11.0. The fourth-order valence-electron chi connectivity index (χ4n) is 1.89. The standard InChI is InChI=1S/C13H11BrN4/c1-7-5-9-12(10(14)11(7)15)18-13(17-9)8-3-2-4-16-6-8/h2-6H,15H2,1H3,(H,17,18). The minimum absolute atomic E-state index is 0.728. The lowest BCUT2D eigenvalue weighted by atomic mass is 10.2. The number of benzene rings is 1. The van der Waals surface area contributed by atoms with E-state index < -0.39 is 0 Å². The van der Waals surface area contributed by atoms with E-state index in [0.29, 0.717) is 0 Å². The molecule has 1 aromatic carbocycles. The van der Waals surface area contributed by atoms with Gasteiger partial charge in [-0.15, -0.1) is 0 Å². The second kappa shape index (κ2) is 4.10. The highest BCUT2D eigenvalue weighted by molar-refractivity contribution is 9.10. The Hall–Kier alpha value is -1.88. The topological polar surface area (TPSA) is 67.6 Å². The average Bonchev–Trinajstić information content (AvgIpc) is 2.81. The third kappa shape index (κ3) is 1.67. The lowest BCUT2D eigenvalue weighted by molar-refractivity contribution is 1.27. The maximum absolute atomic E-state index is 5.98. The Kier molecular flexibility index (Phi) is 2.56. The lowest BCUT2D eigenvalue weighted by Crippen LogP contribution is -1.91. The molecule has 0 aliphatic rings. The average molecular weight is 303 g/mol. The first-order chi connectivity index (χ1) is 8.66. The molecule has 0 atom stereocenters. The van der Waals surface area contributed by atoms with Crippen LogP contribution >= 0.6 is 15.9 Å². The number of nitrogens with one attached hydrogen (secondary N) is 1. The van der Waals surface area contributed by atoms with Crippen LogP contribution in [-0.4, -0.2) is 15.0 Å². The third-order valence-electron chi connectivity index (χ3n) is 2.90. The van der Waals surface area contributed by atoms with Crippen LogP contribution in [0.15, 0.2) is 35.1 Å². The number of rotatable bonds is 1. The number of aromatic amines is 1. The molecular weight excluding hydrogens is 292 g/mol. The molecule has 0 unspecified atom stereocenters. The van der Waals surface area contributed by atoms with Crippen molar-refractivity contribution in [2.24, 2.45) is 0 Å². The zero-order valence-corrected chi connectivity index (χ0v) is 11.3. The fraction of sp³-hybridized carbons (Fsp3) is 0.0769. The van der Waals surface area contributed by atoms with E-state index >= 15 is 0 Å². The number of pyridine rings is 1. The smallest absolute Gasteiger partial charge is 0.140 e. The van der Waals surface area contributed by atoms with Crippen LogP contribution in [0.4, 0.5) is 5.69 Å². The molecule has 0 amide bonds. The number of nitrogen functional groups attached to an aromatic ring is 1. The number of hydrogen-bond acceptors (Lipinski definition) is 3. The number of fused-ring (bicyclic) bond motifs is 1. The Labute approximate surface area is 112 Å². The molecule has 0 bridgehead atoms. The van der Waals surface area contributed by atoms with Gasteiger partial charge in [-0.2, -0.15) is 0 Å². The minimum atomic E-state index is 0.728. The summed E-state index contributed by atoms with van der Waals surface area (Å²) in [7, 11) is 0. The van der Waals surface area contributed by atoms with Crippen molar-refractivity contribution in [3.05, 3.63) is 40.6 Å². The molecule has 0 aliphatic heterocycles. The fourth-order valence-corrected chi connectivity index (χ4v) is 2.51. The first-order valence-corrected chi connectivity index (χ1v) is 6.31. The first-order valence-electron chi connectivity index (χ1n) is 5.51. The Morgan fingerprint density at radius 2 is 2.22 bits per heavy atom. The number of H-pyrrole nitrogens is 1. The summed E-state index contributed by atoms with van der Waals surface area (Å²) in [5.41, 5.74) is 10.5. The predicted octanol–water partition coefficient (Wildman–Crippen LogP) is 3.28. The summed E-state index contributed by atoms with van der Waals surface area (Å²) in [6, 6.07) is 5.86. The molecule has 0 radical (unpaired) electrons. The molecule has 2 aromatic heterocycles. The van der Waals surface area contributed by atoms with Crippen molar-refractivity contribution in [2.75, 3.05) is 5.73 Å². The van der Waals surface area contributed by atoms with E-state index in [1.165, 1.54) is 0 Å². The molecule has 3 N–H and O–H groups in total. The summed E-state index contributed by atoms with van der Waals surface area (Å²) in [5.74, 6) is 0.795. The molecule has 90 valence electrons. The molecule has 0 saturated carbocycles. The molecule has 0 spiro atoms. The van der Waals surface area contributed by atoms with Gasteiger partial charge >= 0.3 is 0 Å². The van der Waals surface area contributed by atoms with Gasteiger partial charge in [-0.25, -0.2) is 4.98 Å². The van der Waals surface area contributed by atoms with E-state index in [1.54, 1.807) is 12.4 Å². The molecule has 4 nitrogen and oxygen atoms in total. The maximum Gasteiger partial charge on any atom is 0.140 e. The molecule has 0 saturated heterocycles. The van der Waals surface area contributed by atoms with Crippen LogP contribution in [0, 0.1) is 6.92 Å². The van der Waals surface area contributed by atoms with Gasteiger partial charge in [-0.05, 0) is 46.6 Å². The first kappa shape index (κ1) is 11.2. The highest BCUT2D eigenvalue weighted by atomic mass is 79.9. The zero-order chi connectivity index (χ0) is 12.7. The molecule has 5 heteroatoms. The number of nitrogens with two attached hydrogens (primary N) is 1. The zero-order valence-electron chi connectivity index (χ0n) is 9.74. The molecule has 3 aromatic rings. The maximum atomic E-state index is 5.98. The van der Waals surface area contributed by atoms with Gasteiger partial charge in [0.15, 0.2) is 0 Å². The summed E-state index contributed by atoms with van der Waals surface area (Å²) in [5, 5.41) is 0. The molecule has 3 rings (SSSR count). The lowest BCUT2D eigenvalue weighted by Gasteiger charge is -2.02. The molecule has 0 aliphatic carbocycles. The third-order valence-corrected chi connectivity index (χ3v) is 3.70. The van der Waals surface area contributed by atoms with Gasteiger partial charge in [0.1, 0.15) is 11.3 Å². The van der Waals surface area contributed by atoms with Crippen molar-refractivity contribution >= 4 is 32.7 Å². The summed E-state index contributed by atoms with van der Waals surface area (Å²) >= 11 is 3.49. The van der Waals surface area contributed by atoms with Crippen molar-refractivity contribution < 1.29 is 0 Å². The van der Waals surface area contributed by atoms with E-state index in [4.69, 9.17) is 5.73 Å². The van der Waals surface area contributed by atoms with Gasteiger partial charge in [0, 0.05) is 18.0 Å². The van der Waals surface area contributed by atoms with Gasteiger partial charge < -0.3 is 10.7 Å². The Balaban J connectivity index is 2.27. The van der Waals surface area contributed by atoms with Crippen LogP contribution in [0.2, 0.25) is 0 Å². The van der Waals surface area contributed by atoms with Crippen LogP contribution in [0.3, 0.4) is 0 Å². The van der Waals surface area contributed by atoms with Gasteiger partial charge in [-0.3, -0.25) is 4.98 Å². The number of anilines is 1. The monoisotopic (exact) mass is 302 g/mol. The van der Waals surface area contributed by atoms with Gasteiger partial charge in [0.25, 0.3) is 0 Å². The van der Waals surface area contributed by atoms with E-state index in [9.17, 15) is 0 Å². The van der Waals surface area contributed by atoms with E-state index in [0.717, 1.165) is 38.1 Å². The van der Waals surface area contributed by atoms with Crippen LogP contribution in [0.25, 0.3) is 22.4 Å². The quantitative estimate of drug-likeness (QED) is 0.678. The van der Waals surface area contributed by atoms with Gasteiger partial charge in [0.05, 0.1) is 15.7 Å². The van der Waals surface area contributed by atoms with Gasteiger partial charge in [0.2, 0.25) is 0 Å². The number of nitrogens with zero attached hydrogens (tertiary/aromatic N) is 2. The Morgan fingerprint density at radius 3 is 2.94 bits per heavy atom. The highest BCUT2D eigenvalue weighted by Gasteiger charge is 2.11. The van der Waals surface area contributed by atoms with Crippen LogP contribution in [0.5, 0.6) is 0 Å². The van der Waals surface area contributed by atoms with Crippen molar-refractivity contribution in [1.29, 1.82) is 0 Å². The van der Waals surface area contributed by atoms with Gasteiger partial charge in [-0.1, -0.05) is 0 Å².